The zero-order chi connectivity index (χ0) is 14.5. The lowest BCUT2D eigenvalue weighted by Crippen LogP contribution is -2.19. The Labute approximate surface area is 109 Å². The van der Waals surface area contributed by atoms with E-state index in [1.807, 2.05) is 4.90 Å². The van der Waals surface area contributed by atoms with Crippen LogP contribution in [0.25, 0.3) is 0 Å². The average molecular weight is 275 g/mol. The fraction of sp³-hybridized carbons (Fsp3) is 0.462. The van der Waals surface area contributed by atoms with Crippen molar-refractivity contribution < 1.29 is 23.1 Å². The number of benzene rings is 1. The molecule has 0 radical (unpaired) electrons. The predicted octanol–water partition coefficient (Wildman–Crippen LogP) is 3.00. The number of hydrogen-bond donors (Lipinski definition) is 1. The largest absolute Gasteiger partial charge is 0.481 e. The van der Waals surface area contributed by atoms with Crippen LogP contribution < -0.4 is 0 Å². The summed E-state index contributed by atoms with van der Waals surface area (Å²) >= 11 is 0. The van der Waals surface area contributed by atoms with Crippen LogP contribution in [0.15, 0.2) is 24.3 Å². The maximum atomic E-state index is 12.4. The van der Waals surface area contributed by atoms with Gasteiger partial charge in [0.25, 0.3) is 0 Å². The fourth-order valence-electron chi connectivity index (χ4n) is 1.69. The van der Waals surface area contributed by atoms with Gasteiger partial charge in [0, 0.05) is 13.0 Å². The number of carboxylic acid groups (broad SMARTS) is 1. The quantitative estimate of drug-likeness (QED) is 0.867. The summed E-state index contributed by atoms with van der Waals surface area (Å²) < 4.78 is 37.1. The van der Waals surface area contributed by atoms with Gasteiger partial charge >= 0.3 is 12.1 Å². The molecule has 19 heavy (non-hydrogen) atoms. The smallest absolute Gasteiger partial charge is 0.416 e. The van der Waals surface area contributed by atoms with Crippen molar-refractivity contribution in [3.63, 3.8) is 0 Å². The molecule has 0 saturated heterocycles. The van der Waals surface area contributed by atoms with E-state index >= 15 is 0 Å². The minimum Gasteiger partial charge on any atom is -0.481 e. The molecule has 106 valence electrons. The van der Waals surface area contributed by atoms with Crippen LogP contribution in [-0.4, -0.2) is 29.6 Å². The summed E-state index contributed by atoms with van der Waals surface area (Å²) in [5, 5.41) is 8.50. The van der Waals surface area contributed by atoms with Gasteiger partial charge < -0.3 is 10.0 Å². The maximum absolute atomic E-state index is 12.4. The van der Waals surface area contributed by atoms with Gasteiger partial charge in [-0.1, -0.05) is 12.1 Å². The van der Waals surface area contributed by atoms with Crippen LogP contribution >= 0.6 is 0 Å². The SMILES string of the molecule is CN(CCCC(=O)O)Cc1ccc(C(F)(F)F)cc1. The topological polar surface area (TPSA) is 40.5 Å². The number of carboxylic acids is 1. The molecule has 0 amide bonds. The summed E-state index contributed by atoms with van der Waals surface area (Å²) in [6.45, 7) is 1.09. The standard InChI is InChI=1S/C13H16F3NO2/c1-17(8-2-3-12(18)19)9-10-4-6-11(7-5-10)13(14,15)16/h4-7H,2-3,8-9H2,1H3,(H,18,19). The number of rotatable bonds is 6. The number of nitrogens with zero attached hydrogens (tertiary/aromatic N) is 1. The third-order valence-corrected chi connectivity index (χ3v) is 2.66. The second kappa shape index (κ2) is 6.56. The fourth-order valence-corrected chi connectivity index (χ4v) is 1.69. The lowest BCUT2D eigenvalue weighted by Gasteiger charge is -2.16. The molecule has 6 heteroatoms. The van der Waals surface area contributed by atoms with Gasteiger partial charge in [-0.2, -0.15) is 13.2 Å². The van der Waals surface area contributed by atoms with E-state index in [0.29, 0.717) is 19.5 Å². The van der Waals surface area contributed by atoms with E-state index in [-0.39, 0.29) is 6.42 Å². The third-order valence-electron chi connectivity index (χ3n) is 2.66. The molecule has 3 nitrogen and oxygen atoms in total. The van der Waals surface area contributed by atoms with E-state index < -0.39 is 17.7 Å². The van der Waals surface area contributed by atoms with Gasteiger partial charge in [0.1, 0.15) is 0 Å². The summed E-state index contributed by atoms with van der Waals surface area (Å²) in [5.41, 5.74) is 0.107. The Morgan fingerprint density at radius 3 is 2.32 bits per heavy atom. The molecule has 1 aromatic carbocycles. The van der Waals surface area contributed by atoms with E-state index in [9.17, 15) is 18.0 Å². The second-order valence-corrected chi connectivity index (χ2v) is 4.43. The molecule has 0 atom stereocenters. The molecule has 1 N–H and O–H groups in total. The van der Waals surface area contributed by atoms with Crippen LogP contribution in [0.2, 0.25) is 0 Å². The van der Waals surface area contributed by atoms with Crippen LogP contribution in [0.5, 0.6) is 0 Å². The van der Waals surface area contributed by atoms with Crippen LogP contribution in [-0.2, 0) is 17.5 Å². The molecule has 0 aromatic heterocycles. The first-order valence-electron chi connectivity index (χ1n) is 5.85. The van der Waals surface area contributed by atoms with Crippen LogP contribution in [0, 0.1) is 0 Å². The minimum absolute atomic E-state index is 0.0946. The van der Waals surface area contributed by atoms with Gasteiger partial charge in [-0.15, -0.1) is 0 Å². The lowest BCUT2D eigenvalue weighted by molar-refractivity contribution is -0.138. The highest BCUT2D eigenvalue weighted by atomic mass is 19.4. The summed E-state index contributed by atoms with van der Waals surface area (Å²) in [5.74, 6) is -0.845. The molecule has 1 rings (SSSR count). The molecule has 0 fully saturated rings. The van der Waals surface area contributed by atoms with E-state index in [1.165, 1.54) is 12.1 Å². The number of hydrogen-bond acceptors (Lipinski definition) is 2. The Kier molecular flexibility index (Phi) is 5.35. The predicted molar refractivity (Wildman–Crippen MR) is 64.6 cm³/mol. The molecule has 0 bridgehead atoms. The highest BCUT2D eigenvalue weighted by Crippen LogP contribution is 2.29. The number of alkyl halides is 3. The Morgan fingerprint density at radius 2 is 1.84 bits per heavy atom. The molecule has 0 heterocycles. The molecule has 0 aliphatic heterocycles. The molecular formula is C13H16F3NO2. The van der Waals surface area contributed by atoms with Gasteiger partial charge in [-0.25, -0.2) is 0 Å². The van der Waals surface area contributed by atoms with Gasteiger partial charge in [0.15, 0.2) is 0 Å². The number of halogens is 3. The first-order chi connectivity index (χ1) is 8.79. The van der Waals surface area contributed by atoms with Crippen molar-refractivity contribution in [1.29, 1.82) is 0 Å². The van der Waals surface area contributed by atoms with Crippen molar-refractivity contribution in [1.82, 2.24) is 4.90 Å². The summed E-state index contributed by atoms with van der Waals surface area (Å²) in [7, 11) is 1.81. The van der Waals surface area contributed by atoms with E-state index in [0.717, 1.165) is 17.7 Å². The van der Waals surface area contributed by atoms with Gasteiger partial charge in [0.05, 0.1) is 5.56 Å². The first-order valence-corrected chi connectivity index (χ1v) is 5.85. The Balaban J connectivity index is 2.47. The number of carbonyl (C=O) groups is 1. The zero-order valence-electron chi connectivity index (χ0n) is 10.6. The molecular weight excluding hydrogens is 259 g/mol. The van der Waals surface area contributed by atoms with Crippen molar-refractivity contribution in [2.45, 2.75) is 25.6 Å². The van der Waals surface area contributed by atoms with Crippen molar-refractivity contribution in [2.24, 2.45) is 0 Å². The molecule has 0 spiro atoms. The molecule has 0 aliphatic carbocycles. The zero-order valence-corrected chi connectivity index (χ0v) is 10.6. The molecule has 0 aliphatic rings. The van der Waals surface area contributed by atoms with Crippen LogP contribution in [0.1, 0.15) is 24.0 Å². The minimum atomic E-state index is -4.31. The van der Waals surface area contributed by atoms with Crippen LogP contribution in [0.3, 0.4) is 0 Å². The van der Waals surface area contributed by atoms with Gasteiger partial charge in [-0.05, 0) is 37.7 Å². The Hall–Kier alpha value is -1.56. The monoisotopic (exact) mass is 275 g/mol. The van der Waals surface area contributed by atoms with Gasteiger partial charge in [-0.3, -0.25) is 4.79 Å². The first kappa shape index (κ1) is 15.5. The van der Waals surface area contributed by atoms with Gasteiger partial charge in [0.2, 0.25) is 0 Å². The highest BCUT2D eigenvalue weighted by Gasteiger charge is 2.29. The lowest BCUT2D eigenvalue weighted by atomic mass is 10.1. The van der Waals surface area contributed by atoms with E-state index in [4.69, 9.17) is 5.11 Å². The van der Waals surface area contributed by atoms with Crippen molar-refractivity contribution in [2.75, 3.05) is 13.6 Å². The van der Waals surface area contributed by atoms with Crippen molar-refractivity contribution >= 4 is 5.97 Å². The maximum Gasteiger partial charge on any atom is 0.416 e. The normalized spacial score (nSPS) is 11.8. The average Bonchev–Trinajstić information content (AvgIpc) is 2.27. The molecule has 0 saturated carbocycles. The van der Waals surface area contributed by atoms with E-state index in [1.54, 1.807) is 7.05 Å². The third kappa shape index (κ3) is 5.74. The Bertz CT molecular complexity index is 415. The molecule has 0 unspecified atom stereocenters. The summed E-state index contributed by atoms with van der Waals surface area (Å²) in [4.78, 5) is 12.2. The van der Waals surface area contributed by atoms with Crippen LogP contribution in [0.4, 0.5) is 13.2 Å². The van der Waals surface area contributed by atoms with Crippen molar-refractivity contribution in [3.8, 4) is 0 Å². The highest BCUT2D eigenvalue weighted by molar-refractivity contribution is 5.66. The number of aliphatic carboxylic acids is 1. The Morgan fingerprint density at radius 1 is 1.26 bits per heavy atom. The summed E-state index contributed by atoms with van der Waals surface area (Å²) in [6, 6.07) is 4.99. The second-order valence-electron chi connectivity index (χ2n) is 4.43. The van der Waals surface area contributed by atoms with E-state index in [2.05, 4.69) is 0 Å². The molecule has 1 aromatic rings. The summed E-state index contributed by atoms with van der Waals surface area (Å²) in [6.07, 6.45) is -3.70. The van der Waals surface area contributed by atoms with Crippen molar-refractivity contribution in [3.05, 3.63) is 35.4 Å².